The largest absolute Gasteiger partial charge is 0.359 e. The van der Waals surface area contributed by atoms with Crippen molar-refractivity contribution in [3.8, 4) is 0 Å². The van der Waals surface area contributed by atoms with Gasteiger partial charge in [-0.15, -0.1) is 0 Å². The summed E-state index contributed by atoms with van der Waals surface area (Å²) in [4.78, 5) is 11.2. The standard InChI is InChI=1S/C12H16FNO/c1-3-9(8-12(15)14-2)10-4-6-11(13)7-5-10/h4-7,9H,3,8H2,1-2H3,(H,14,15). The molecule has 0 radical (unpaired) electrons. The summed E-state index contributed by atoms with van der Waals surface area (Å²) in [6.07, 6.45) is 1.33. The molecule has 82 valence electrons. The summed E-state index contributed by atoms with van der Waals surface area (Å²) in [5, 5.41) is 2.60. The van der Waals surface area contributed by atoms with Gasteiger partial charge in [-0.2, -0.15) is 0 Å². The van der Waals surface area contributed by atoms with E-state index in [0.717, 1.165) is 12.0 Å². The Hall–Kier alpha value is -1.38. The van der Waals surface area contributed by atoms with Crippen molar-refractivity contribution in [2.75, 3.05) is 7.05 Å². The highest BCUT2D eigenvalue weighted by Crippen LogP contribution is 2.23. The lowest BCUT2D eigenvalue weighted by molar-refractivity contribution is -0.121. The zero-order valence-corrected chi connectivity index (χ0v) is 9.09. The van der Waals surface area contributed by atoms with E-state index in [-0.39, 0.29) is 17.6 Å². The van der Waals surface area contributed by atoms with Crippen LogP contribution in [-0.4, -0.2) is 13.0 Å². The van der Waals surface area contributed by atoms with Gasteiger partial charge in [0.2, 0.25) is 5.91 Å². The lowest BCUT2D eigenvalue weighted by Crippen LogP contribution is -2.20. The van der Waals surface area contributed by atoms with E-state index in [1.54, 1.807) is 19.2 Å². The summed E-state index contributed by atoms with van der Waals surface area (Å²) in [5.41, 5.74) is 1.02. The molecule has 0 heterocycles. The number of rotatable bonds is 4. The molecule has 0 aliphatic carbocycles. The van der Waals surface area contributed by atoms with Crippen LogP contribution in [-0.2, 0) is 4.79 Å². The van der Waals surface area contributed by atoms with Crippen molar-refractivity contribution in [1.82, 2.24) is 5.32 Å². The molecule has 1 aromatic rings. The van der Waals surface area contributed by atoms with Crippen LogP contribution in [0.5, 0.6) is 0 Å². The van der Waals surface area contributed by atoms with E-state index in [9.17, 15) is 9.18 Å². The molecule has 15 heavy (non-hydrogen) atoms. The third kappa shape index (κ3) is 3.35. The molecule has 1 atom stereocenters. The molecular weight excluding hydrogens is 193 g/mol. The van der Waals surface area contributed by atoms with Gasteiger partial charge in [-0.05, 0) is 30.0 Å². The van der Waals surface area contributed by atoms with E-state index >= 15 is 0 Å². The molecule has 2 nitrogen and oxygen atoms in total. The lowest BCUT2D eigenvalue weighted by atomic mass is 9.93. The Morgan fingerprint density at radius 3 is 2.47 bits per heavy atom. The number of nitrogens with one attached hydrogen (secondary N) is 1. The molecule has 0 aromatic heterocycles. The van der Waals surface area contributed by atoms with Crippen LogP contribution in [0.4, 0.5) is 4.39 Å². The van der Waals surface area contributed by atoms with Crippen molar-refractivity contribution in [3.05, 3.63) is 35.6 Å². The number of benzene rings is 1. The van der Waals surface area contributed by atoms with Gasteiger partial charge < -0.3 is 5.32 Å². The van der Waals surface area contributed by atoms with Gasteiger partial charge in [0, 0.05) is 13.5 Å². The van der Waals surface area contributed by atoms with Crippen LogP contribution in [0.2, 0.25) is 0 Å². The van der Waals surface area contributed by atoms with Crippen LogP contribution in [0.25, 0.3) is 0 Å². The molecule has 1 unspecified atom stereocenters. The second-order valence-corrected chi connectivity index (χ2v) is 3.53. The van der Waals surface area contributed by atoms with Gasteiger partial charge in [-0.1, -0.05) is 19.1 Å². The summed E-state index contributed by atoms with van der Waals surface area (Å²) in [6, 6.07) is 6.35. The van der Waals surface area contributed by atoms with E-state index in [2.05, 4.69) is 5.32 Å². The predicted molar refractivity (Wildman–Crippen MR) is 58.1 cm³/mol. The van der Waals surface area contributed by atoms with Crippen LogP contribution in [0, 0.1) is 5.82 Å². The summed E-state index contributed by atoms with van der Waals surface area (Å²) >= 11 is 0. The topological polar surface area (TPSA) is 29.1 Å². The maximum Gasteiger partial charge on any atom is 0.220 e. The van der Waals surface area contributed by atoms with Crippen LogP contribution in [0.15, 0.2) is 24.3 Å². The van der Waals surface area contributed by atoms with Crippen molar-refractivity contribution in [3.63, 3.8) is 0 Å². The number of hydrogen-bond donors (Lipinski definition) is 1. The maximum absolute atomic E-state index is 12.7. The Balaban J connectivity index is 2.74. The minimum Gasteiger partial charge on any atom is -0.359 e. The van der Waals surface area contributed by atoms with Crippen molar-refractivity contribution in [1.29, 1.82) is 0 Å². The normalized spacial score (nSPS) is 12.2. The van der Waals surface area contributed by atoms with E-state index in [1.807, 2.05) is 6.92 Å². The fourth-order valence-electron chi connectivity index (χ4n) is 1.56. The van der Waals surface area contributed by atoms with Gasteiger partial charge in [0.15, 0.2) is 0 Å². The Labute approximate surface area is 89.5 Å². The Bertz CT molecular complexity index is 321. The van der Waals surface area contributed by atoms with Gasteiger partial charge in [0.05, 0.1) is 0 Å². The fourth-order valence-corrected chi connectivity index (χ4v) is 1.56. The molecule has 1 rings (SSSR count). The van der Waals surface area contributed by atoms with Crippen molar-refractivity contribution < 1.29 is 9.18 Å². The van der Waals surface area contributed by atoms with Crippen molar-refractivity contribution in [2.24, 2.45) is 0 Å². The zero-order valence-electron chi connectivity index (χ0n) is 9.09. The summed E-state index contributed by atoms with van der Waals surface area (Å²) in [7, 11) is 1.62. The SMILES string of the molecule is CCC(CC(=O)NC)c1ccc(F)cc1. The molecule has 0 saturated carbocycles. The van der Waals surface area contributed by atoms with Crippen LogP contribution in [0.3, 0.4) is 0 Å². The molecule has 0 fully saturated rings. The van der Waals surface area contributed by atoms with Gasteiger partial charge in [-0.3, -0.25) is 4.79 Å². The second-order valence-electron chi connectivity index (χ2n) is 3.53. The number of carbonyl (C=O) groups is 1. The Kier molecular flexibility index (Phi) is 4.28. The molecule has 0 bridgehead atoms. The van der Waals surface area contributed by atoms with Crippen LogP contribution in [0.1, 0.15) is 31.2 Å². The number of amides is 1. The average Bonchev–Trinajstić information content (AvgIpc) is 2.27. The van der Waals surface area contributed by atoms with Crippen LogP contribution >= 0.6 is 0 Å². The van der Waals surface area contributed by atoms with Crippen molar-refractivity contribution in [2.45, 2.75) is 25.7 Å². The van der Waals surface area contributed by atoms with E-state index < -0.39 is 0 Å². The quantitative estimate of drug-likeness (QED) is 0.810. The Morgan fingerprint density at radius 1 is 1.40 bits per heavy atom. The number of hydrogen-bond acceptors (Lipinski definition) is 1. The summed E-state index contributed by atoms with van der Waals surface area (Å²) in [5.74, 6) is -0.0507. The number of halogens is 1. The van der Waals surface area contributed by atoms with Crippen molar-refractivity contribution >= 4 is 5.91 Å². The first-order chi connectivity index (χ1) is 7.17. The lowest BCUT2D eigenvalue weighted by Gasteiger charge is -2.14. The summed E-state index contributed by atoms with van der Waals surface area (Å²) < 4.78 is 12.7. The Morgan fingerprint density at radius 2 is 2.00 bits per heavy atom. The van der Waals surface area contributed by atoms with Gasteiger partial charge in [-0.25, -0.2) is 4.39 Å². The molecule has 1 N–H and O–H groups in total. The second kappa shape index (κ2) is 5.49. The van der Waals surface area contributed by atoms with Crippen LogP contribution < -0.4 is 5.32 Å². The molecule has 1 aromatic carbocycles. The third-order valence-corrected chi connectivity index (χ3v) is 2.54. The minimum atomic E-state index is -0.242. The third-order valence-electron chi connectivity index (χ3n) is 2.54. The molecular formula is C12H16FNO. The first kappa shape index (κ1) is 11.7. The van der Waals surface area contributed by atoms with Gasteiger partial charge in [0.1, 0.15) is 5.82 Å². The smallest absolute Gasteiger partial charge is 0.220 e. The average molecular weight is 209 g/mol. The predicted octanol–water partition coefficient (Wildman–Crippen LogP) is 2.46. The minimum absolute atomic E-state index is 0.0196. The highest BCUT2D eigenvalue weighted by Gasteiger charge is 2.13. The highest BCUT2D eigenvalue weighted by molar-refractivity contribution is 5.76. The molecule has 0 spiro atoms. The van der Waals surface area contributed by atoms with Gasteiger partial charge >= 0.3 is 0 Å². The van der Waals surface area contributed by atoms with Gasteiger partial charge in [0.25, 0.3) is 0 Å². The monoisotopic (exact) mass is 209 g/mol. The van der Waals surface area contributed by atoms with E-state index in [0.29, 0.717) is 6.42 Å². The number of carbonyl (C=O) groups excluding carboxylic acids is 1. The molecule has 0 aliphatic rings. The highest BCUT2D eigenvalue weighted by atomic mass is 19.1. The zero-order chi connectivity index (χ0) is 11.3. The van der Waals surface area contributed by atoms with E-state index in [4.69, 9.17) is 0 Å². The fraction of sp³-hybridized carbons (Fsp3) is 0.417. The molecule has 3 heteroatoms. The van der Waals surface area contributed by atoms with E-state index in [1.165, 1.54) is 12.1 Å². The molecule has 1 amide bonds. The first-order valence-electron chi connectivity index (χ1n) is 5.13. The molecule has 0 aliphatic heterocycles. The maximum atomic E-state index is 12.7. The summed E-state index contributed by atoms with van der Waals surface area (Å²) in [6.45, 7) is 2.02. The first-order valence-corrected chi connectivity index (χ1v) is 5.13. The molecule has 0 saturated heterocycles.